The molecule has 4 rings (SSSR count). The summed E-state index contributed by atoms with van der Waals surface area (Å²) < 4.78 is 0. The normalized spacial score (nSPS) is 20.5. The number of benzene rings is 1. The molecule has 1 aromatic carbocycles. The van der Waals surface area contributed by atoms with E-state index < -0.39 is 0 Å². The van der Waals surface area contributed by atoms with Gasteiger partial charge in [-0.15, -0.1) is 0 Å². The summed E-state index contributed by atoms with van der Waals surface area (Å²) in [4.78, 5) is 24.3. The van der Waals surface area contributed by atoms with Gasteiger partial charge in [0.2, 0.25) is 5.91 Å². The average molecular weight is 422 g/mol. The van der Waals surface area contributed by atoms with E-state index in [0.29, 0.717) is 19.0 Å². The maximum atomic E-state index is 12.5. The van der Waals surface area contributed by atoms with Crippen molar-refractivity contribution in [1.29, 1.82) is 0 Å². The predicted molar refractivity (Wildman–Crippen MR) is 125 cm³/mol. The summed E-state index contributed by atoms with van der Waals surface area (Å²) in [7, 11) is 0. The molecule has 3 heterocycles. The van der Waals surface area contributed by atoms with Crippen LogP contribution in [0.5, 0.6) is 0 Å². The third-order valence-electron chi connectivity index (χ3n) is 6.57. The van der Waals surface area contributed by atoms with Gasteiger partial charge in [0.1, 0.15) is 5.82 Å². The fourth-order valence-electron chi connectivity index (χ4n) is 4.77. The standard InChI is InChI=1S/C25H35N5O/c1-21-7-2-3-9-23(21)17-27-25(31)20-29-12-6-8-22(19-29)18-28-13-15-30(16-14-28)24-10-4-5-11-26-24/h2-5,7,9-11,22H,6,8,12-20H2,1H3,(H,27,31). The molecule has 2 aromatic rings. The number of nitrogens with one attached hydrogen (secondary N) is 1. The van der Waals surface area contributed by atoms with Gasteiger partial charge in [-0.1, -0.05) is 30.3 Å². The molecule has 31 heavy (non-hydrogen) atoms. The third kappa shape index (κ3) is 6.28. The number of pyridine rings is 1. The second-order valence-corrected chi connectivity index (χ2v) is 8.92. The average Bonchev–Trinajstić information content (AvgIpc) is 2.80. The smallest absolute Gasteiger partial charge is 0.234 e. The van der Waals surface area contributed by atoms with Crippen molar-refractivity contribution in [2.75, 3.05) is 57.3 Å². The van der Waals surface area contributed by atoms with Crippen LogP contribution >= 0.6 is 0 Å². The molecule has 6 heteroatoms. The zero-order chi connectivity index (χ0) is 21.5. The first kappa shape index (κ1) is 21.8. The number of nitrogens with zero attached hydrogens (tertiary/aromatic N) is 4. The Morgan fingerprint density at radius 1 is 1.03 bits per heavy atom. The summed E-state index contributed by atoms with van der Waals surface area (Å²) in [5.74, 6) is 1.87. The van der Waals surface area contributed by atoms with Crippen LogP contribution in [0.1, 0.15) is 24.0 Å². The highest BCUT2D eigenvalue weighted by atomic mass is 16.2. The van der Waals surface area contributed by atoms with E-state index in [9.17, 15) is 4.79 Å². The summed E-state index contributed by atoms with van der Waals surface area (Å²) in [6.07, 6.45) is 4.32. The van der Waals surface area contributed by atoms with E-state index in [1.165, 1.54) is 24.0 Å². The molecular weight excluding hydrogens is 386 g/mol. The number of hydrogen-bond acceptors (Lipinski definition) is 5. The molecule has 0 aliphatic carbocycles. The molecule has 1 amide bonds. The molecule has 2 aliphatic heterocycles. The van der Waals surface area contributed by atoms with Crippen molar-refractivity contribution in [2.24, 2.45) is 5.92 Å². The maximum Gasteiger partial charge on any atom is 0.234 e. The summed E-state index contributed by atoms with van der Waals surface area (Å²) in [5, 5.41) is 3.10. The first-order chi connectivity index (χ1) is 15.2. The molecule has 1 aromatic heterocycles. The van der Waals surface area contributed by atoms with Crippen LogP contribution in [0.15, 0.2) is 48.7 Å². The van der Waals surface area contributed by atoms with Crippen LogP contribution in [0.2, 0.25) is 0 Å². The first-order valence-corrected chi connectivity index (χ1v) is 11.6. The van der Waals surface area contributed by atoms with Crippen molar-refractivity contribution < 1.29 is 4.79 Å². The van der Waals surface area contributed by atoms with Crippen LogP contribution in [0.25, 0.3) is 0 Å². The Hall–Kier alpha value is -2.44. The maximum absolute atomic E-state index is 12.5. The number of piperazine rings is 1. The Morgan fingerprint density at radius 3 is 2.61 bits per heavy atom. The number of carbonyl (C=O) groups excluding carboxylic acids is 1. The lowest BCUT2D eigenvalue weighted by Gasteiger charge is -2.39. The number of piperidine rings is 1. The van der Waals surface area contributed by atoms with Gasteiger partial charge in [-0.2, -0.15) is 0 Å². The zero-order valence-electron chi connectivity index (χ0n) is 18.7. The highest BCUT2D eigenvalue weighted by Crippen LogP contribution is 2.19. The number of amides is 1. The largest absolute Gasteiger partial charge is 0.354 e. The van der Waals surface area contributed by atoms with E-state index in [2.05, 4.69) is 56.2 Å². The lowest BCUT2D eigenvalue weighted by Crippen LogP contribution is -2.50. The molecule has 0 spiro atoms. The van der Waals surface area contributed by atoms with Crippen molar-refractivity contribution in [3.63, 3.8) is 0 Å². The summed E-state index contributed by atoms with van der Waals surface area (Å²) >= 11 is 0. The molecule has 0 radical (unpaired) electrons. The van der Waals surface area contributed by atoms with Gasteiger partial charge < -0.3 is 10.2 Å². The molecule has 2 saturated heterocycles. The van der Waals surface area contributed by atoms with E-state index in [1.807, 2.05) is 24.4 Å². The second-order valence-electron chi connectivity index (χ2n) is 8.92. The Kier molecular flexibility index (Phi) is 7.54. The number of carbonyl (C=O) groups is 1. The lowest BCUT2D eigenvalue weighted by molar-refractivity contribution is -0.122. The van der Waals surface area contributed by atoms with E-state index in [4.69, 9.17) is 0 Å². The number of anilines is 1. The summed E-state index contributed by atoms with van der Waals surface area (Å²) in [6.45, 7) is 10.7. The minimum Gasteiger partial charge on any atom is -0.354 e. The fraction of sp³-hybridized carbons (Fsp3) is 0.520. The van der Waals surface area contributed by atoms with Crippen LogP contribution < -0.4 is 10.2 Å². The van der Waals surface area contributed by atoms with Crippen LogP contribution in [-0.2, 0) is 11.3 Å². The lowest BCUT2D eigenvalue weighted by atomic mass is 9.97. The summed E-state index contributed by atoms with van der Waals surface area (Å²) in [6, 6.07) is 14.4. The van der Waals surface area contributed by atoms with Crippen LogP contribution in [-0.4, -0.2) is 73.0 Å². The molecule has 2 aliphatic rings. The van der Waals surface area contributed by atoms with Crippen molar-refractivity contribution in [3.8, 4) is 0 Å². The quantitative estimate of drug-likeness (QED) is 0.745. The van der Waals surface area contributed by atoms with Crippen molar-refractivity contribution in [2.45, 2.75) is 26.3 Å². The summed E-state index contributed by atoms with van der Waals surface area (Å²) in [5.41, 5.74) is 2.42. The zero-order valence-corrected chi connectivity index (χ0v) is 18.7. The van der Waals surface area contributed by atoms with Crippen molar-refractivity contribution in [3.05, 3.63) is 59.8 Å². The van der Waals surface area contributed by atoms with E-state index in [0.717, 1.165) is 51.6 Å². The van der Waals surface area contributed by atoms with Crippen LogP contribution in [0, 0.1) is 12.8 Å². The Morgan fingerprint density at radius 2 is 1.84 bits per heavy atom. The van der Waals surface area contributed by atoms with Gasteiger partial charge in [-0.25, -0.2) is 4.98 Å². The minimum absolute atomic E-state index is 0.132. The highest BCUT2D eigenvalue weighted by molar-refractivity contribution is 5.78. The Labute approximate surface area is 186 Å². The van der Waals surface area contributed by atoms with Gasteiger partial charge in [0.15, 0.2) is 0 Å². The number of likely N-dealkylation sites (tertiary alicyclic amines) is 1. The van der Waals surface area contributed by atoms with Gasteiger partial charge >= 0.3 is 0 Å². The van der Waals surface area contributed by atoms with E-state index in [1.54, 1.807) is 0 Å². The number of rotatable bonds is 7. The van der Waals surface area contributed by atoms with Crippen LogP contribution in [0.3, 0.4) is 0 Å². The molecule has 166 valence electrons. The number of hydrogen-bond donors (Lipinski definition) is 1. The molecule has 2 fully saturated rings. The van der Waals surface area contributed by atoms with E-state index in [-0.39, 0.29) is 5.91 Å². The van der Waals surface area contributed by atoms with Gasteiger partial charge in [-0.05, 0) is 55.5 Å². The Balaban J connectivity index is 1.18. The predicted octanol–water partition coefficient (Wildman–Crippen LogP) is 2.54. The first-order valence-electron chi connectivity index (χ1n) is 11.6. The van der Waals surface area contributed by atoms with Crippen molar-refractivity contribution >= 4 is 11.7 Å². The fourth-order valence-corrected chi connectivity index (χ4v) is 4.77. The molecule has 6 nitrogen and oxygen atoms in total. The van der Waals surface area contributed by atoms with Gasteiger partial charge in [-0.3, -0.25) is 14.6 Å². The minimum atomic E-state index is 0.132. The van der Waals surface area contributed by atoms with Crippen molar-refractivity contribution in [1.82, 2.24) is 20.1 Å². The number of aryl methyl sites for hydroxylation is 1. The van der Waals surface area contributed by atoms with Gasteiger partial charge in [0, 0.05) is 52.0 Å². The molecule has 1 N–H and O–H groups in total. The third-order valence-corrected chi connectivity index (χ3v) is 6.57. The Bertz CT molecular complexity index is 835. The molecule has 1 unspecified atom stereocenters. The molecular formula is C25H35N5O. The van der Waals surface area contributed by atoms with Crippen LogP contribution in [0.4, 0.5) is 5.82 Å². The molecule has 0 saturated carbocycles. The SMILES string of the molecule is Cc1ccccc1CNC(=O)CN1CCCC(CN2CCN(c3ccccn3)CC2)C1. The second kappa shape index (κ2) is 10.7. The number of aromatic nitrogens is 1. The highest BCUT2D eigenvalue weighted by Gasteiger charge is 2.25. The topological polar surface area (TPSA) is 51.7 Å². The molecule has 0 bridgehead atoms. The van der Waals surface area contributed by atoms with E-state index >= 15 is 0 Å². The van der Waals surface area contributed by atoms with Gasteiger partial charge in [0.05, 0.1) is 6.54 Å². The monoisotopic (exact) mass is 421 g/mol. The molecule has 1 atom stereocenters. The van der Waals surface area contributed by atoms with Gasteiger partial charge in [0.25, 0.3) is 0 Å².